The Balaban J connectivity index is 1.92. The van der Waals surface area contributed by atoms with Gasteiger partial charge in [-0.2, -0.15) is 18.3 Å². The Morgan fingerprint density at radius 2 is 1.84 bits per heavy atom. The third-order valence-corrected chi connectivity index (χ3v) is 6.67. The van der Waals surface area contributed by atoms with Crippen LogP contribution in [-0.2, 0) is 6.18 Å². The molecule has 0 saturated carbocycles. The molecule has 2 heterocycles. The number of anilines is 1. The molecule has 0 aliphatic carbocycles. The van der Waals surface area contributed by atoms with Gasteiger partial charge in [0.05, 0.1) is 22.7 Å². The van der Waals surface area contributed by atoms with Crippen molar-refractivity contribution in [3.05, 3.63) is 64.1 Å². The van der Waals surface area contributed by atoms with Crippen molar-refractivity contribution in [1.29, 1.82) is 0 Å². The molecule has 1 amide bonds. The smallest absolute Gasteiger partial charge is 0.306 e. The van der Waals surface area contributed by atoms with E-state index in [1.807, 2.05) is 6.92 Å². The van der Waals surface area contributed by atoms with Crippen molar-refractivity contribution in [1.82, 2.24) is 9.78 Å². The predicted octanol–water partition coefficient (Wildman–Crippen LogP) is 5.53. The van der Waals surface area contributed by atoms with Crippen LogP contribution in [-0.4, -0.2) is 27.5 Å². The van der Waals surface area contributed by atoms with Gasteiger partial charge in [0.2, 0.25) is 0 Å². The van der Waals surface area contributed by atoms with E-state index in [2.05, 4.69) is 5.10 Å². The standard InChI is InChI=1S/C23H22F3N3O2S/c1-13(2)29-21(30)17-7-5-4-6-16(17)20(27-29)22(31)28-11-10-14(3)32-19-9-8-15(12-18(19)28)23(24,25)26/h4-9,12-14H,10-11H2,1-3H3. The molecule has 1 aromatic heterocycles. The lowest BCUT2D eigenvalue weighted by molar-refractivity contribution is -0.137. The third kappa shape index (κ3) is 4.01. The highest BCUT2D eigenvalue weighted by atomic mass is 32.2. The highest BCUT2D eigenvalue weighted by Crippen LogP contribution is 2.41. The fourth-order valence-corrected chi connectivity index (χ4v) is 4.86. The maximum Gasteiger partial charge on any atom is 0.416 e. The fourth-order valence-electron chi connectivity index (χ4n) is 3.76. The Kier molecular flexibility index (Phi) is 5.79. The van der Waals surface area contributed by atoms with Crippen LogP contribution in [0.1, 0.15) is 49.3 Å². The topological polar surface area (TPSA) is 55.2 Å². The molecule has 1 atom stereocenters. The molecular weight excluding hydrogens is 439 g/mol. The van der Waals surface area contributed by atoms with Crippen molar-refractivity contribution in [2.45, 2.75) is 49.6 Å². The number of rotatable bonds is 2. The van der Waals surface area contributed by atoms with Gasteiger partial charge in [-0.05, 0) is 44.5 Å². The van der Waals surface area contributed by atoms with Gasteiger partial charge in [-0.15, -0.1) is 11.8 Å². The second kappa shape index (κ2) is 8.27. The molecule has 3 aromatic rings. The molecule has 5 nitrogen and oxygen atoms in total. The van der Waals surface area contributed by atoms with E-state index in [0.717, 1.165) is 12.1 Å². The lowest BCUT2D eigenvalue weighted by Gasteiger charge is -2.24. The van der Waals surface area contributed by atoms with Crippen LogP contribution >= 0.6 is 11.8 Å². The average Bonchev–Trinajstić information content (AvgIpc) is 2.90. The van der Waals surface area contributed by atoms with E-state index in [1.54, 1.807) is 38.1 Å². The van der Waals surface area contributed by atoms with Gasteiger partial charge in [0.25, 0.3) is 11.5 Å². The lowest BCUT2D eigenvalue weighted by atomic mass is 10.1. The summed E-state index contributed by atoms with van der Waals surface area (Å²) >= 11 is 1.45. The van der Waals surface area contributed by atoms with Crippen molar-refractivity contribution in [3.8, 4) is 0 Å². The summed E-state index contributed by atoms with van der Waals surface area (Å²) in [4.78, 5) is 28.5. The first-order valence-corrected chi connectivity index (χ1v) is 11.2. The van der Waals surface area contributed by atoms with E-state index in [1.165, 1.54) is 27.4 Å². The number of thioether (sulfide) groups is 1. The number of nitrogens with zero attached hydrogens (tertiary/aromatic N) is 3. The van der Waals surface area contributed by atoms with E-state index < -0.39 is 17.6 Å². The molecule has 32 heavy (non-hydrogen) atoms. The van der Waals surface area contributed by atoms with Crippen LogP contribution in [0.15, 0.2) is 52.2 Å². The van der Waals surface area contributed by atoms with E-state index >= 15 is 0 Å². The lowest BCUT2D eigenvalue weighted by Crippen LogP contribution is -2.36. The van der Waals surface area contributed by atoms with Crippen LogP contribution in [0.5, 0.6) is 0 Å². The van der Waals surface area contributed by atoms with Gasteiger partial charge in [-0.3, -0.25) is 9.59 Å². The van der Waals surface area contributed by atoms with Gasteiger partial charge >= 0.3 is 6.18 Å². The summed E-state index contributed by atoms with van der Waals surface area (Å²) in [6, 6.07) is 9.88. The molecule has 0 N–H and O–H groups in total. The van der Waals surface area contributed by atoms with Gasteiger partial charge in [-0.1, -0.05) is 25.1 Å². The van der Waals surface area contributed by atoms with E-state index in [4.69, 9.17) is 0 Å². The maximum atomic E-state index is 13.7. The zero-order chi connectivity index (χ0) is 23.2. The van der Waals surface area contributed by atoms with Crippen LogP contribution in [0.2, 0.25) is 0 Å². The molecular formula is C23H22F3N3O2S. The Morgan fingerprint density at radius 3 is 2.50 bits per heavy atom. The summed E-state index contributed by atoms with van der Waals surface area (Å²) in [5, 5.41) is 5.21. The number of halogens is 3. The number of fused-ring (bicyclic) bond motifs is 2. The number of aromatic nitrogens is 2. The quantitative estimate of drug-likeness (QED) is 0.504. The number of alkyl halides is 3. The molecule has 1 unspecified atom stereocenters. The van der Waals surface area contributed by atoms with Crippen LogP contribution in [0, 0.1) is 0 Å². The summed E-state index contributed by atoms with van der Waals surface area (Å²) in [5.41, 5.74) is -0.856. The largest absolute Gasteiger partial charge is 0.416 e. The Labute approximate surface area is 187 Å². The molecule has 0 spiro atoms. The molecule has 0 bridgehead atoms. The molecule has 168 valence electrons. The predicted molar refractivity (Wildman–Crippen MR) is 119 cm³/mol. The van der Waals surface area contributed by atoms with Crippen molar-refractivity contribution in [2.75, 3.05) is 11.4 Å². The second-order valence-corrected chi connectivity index (χ2v) is 9.57. The SMILES string of the molecule is CC1CCN(C(=O)c2nn(C(C)C)c(=O)c3ccccc23)c2cc(C(F)(F)F)ccc2S1. The Hall–Kier alpha value is -2.81. The number of benzene rings is 2. The van der Waals surface area contributed by atoms with Crippen molar-refractivity contribution >= 4 is 34.1 Å². The summed E-state index contributed by atoms with van der Waals surface area (Å²) in [6.07, 6.45) is -3.92. The normalized spacial score (nSPS) is 16.8. The molecule has 1 aliphatic heterocycles. The minimum absolute atomic E-state index is 0.0526. The summed E-state index contributed by atoms with van der Waals surface area (Å²) < 4.78 is 41.5. The van der Waals surface area contributed by atoms with Gasteiger partial charge in [0.1, 0.15) is 0 Å². The number of hydrogen-bond donors (Lipinski definition) is 0. The molecule has 0 radical (unpaired) electrons. The number of carbonyl (C=O) groups excluding carboxylic acids is 1. The first-order chi connectivity index (χ1) is 15.1. The molecule has 9 heteroatoms. The van der Waals surface area contributed by atoms with Gasteiger partial charge in [-0.25, -0.2) is 4.68 Å². The van der Waals surface area contributed by atoms with Gasteiger partial charge < -0.3 is 4.90 Å². The summed E-state index contributed by atoms with van der Waals surface area (Å²) in [5.74, 6) is -0.522. The zero-order valence-electron chi connectivity index (χ0n) is 17.8. The number of amides is 1. The average molecular weight is 462 g/mol. The zero-order valence-corrected chi connectivity index (χ0v) is 18.6. The molecule has 1 aliphatic rings. The van der Waals surface area contributed by atoms with Crippen molar-refractivity contribution < 1.29 is 18.0 Å². The second-order valence-electron chi connectivity index (χ2n) is 8.09. The minimum atomic E-state index is -4.53. The molecule has 2 aromatic carbocycles. The Morgan fingerprint density at radius 1 is 1.16 bits per heavy atom. The highest BCUT2D eigenvalue weighted by Gasteiger charge is 2.34. The monoisotopic (exact) mass is 461 g/mol. The third-order valence-electron chi connectivity index (χ3n) is 5.43. The van der Waals surface area contributed by atoms with Gasteiger partial charge in [0, 0.05) is 22.1 Å². The summed E-state index contributed by atoms with van der Waals surface area (Å²) in [6.45, 7) is 5.80. The maximum absolute atomic E-state index is 13.7. The van der Waals surface area contributed by atoms with Crippen LogP contribution in [0.4, 0.5) is 18.9 Å². The molecule has 4 rings (SSSR count). The first kappa shape index (κ1) is 22.4. The Bertz CT molecular complexity index is 1250. The summed E-state index contributed by atoms with van der Waals surface area (Å²) in [7, 11) is 0. The first-order valence-electron chi connectivity index (χ1n) is 10.3. The molecule has 0 fully saturated rings. The van der Waals surface area contributed by atoms with E-state index in [-0.39, 0.29) is 34.8 Å². The van der Waals surface area contributed by atoms with Crippen molar-refractivity contribution in [3.63, 3.8) is 0 Å². The highest BCUT2D eigenvalue weighted by molar-refractivity contribution is 8.00. The van der Waals surface area contributed by atoms with Crippen LogP contribution in [0.3, 0.4) is 0 Å². The van der Waals surface area contributed by atoms with Crippen LogP contribution < -0.4 is 10.5 Å². The number of hydrogen-bond acceptors (Lipinski definition) is 4. The van der Waals surface area contributed by atoms with E-state index in [0.29, 0.717) is 22.1 Å². The fraction of sp³-hybridized carbons (Fsp3) is 0.348. The van der Waals surface area contributed by atoms with Crippen molar-refractivity contribution in [2.24, 2.45) is 0 Å². The molecule has 0 saturated heterocycles. The number of carbonyl (C=O) groups is 1. The van der Waals surface area contributed by atoms with Gasteiger partial charge in [0.15, 0.2) is 5.69 Å². The van der Waals surface area contributed by atoms with Crippen LogP contribution in [0.25, 0.3) is 10.8 Å². The minimum Gasteiger partial charge on any atom is -0.306 e. The van der Waals surface area contributed by atoms with E-state index in [9.17, 15) is 22.8 Å².